The summed E-state index contributed by atoms with van der Waals surface area (Å²) in [5.74, 6) is 0. The van der Waals surface area contributed by atoms with Gasteiger partial charge in [-0.25, -0.2) is 0 Å². The van der Waals surface area contributed by atoms with Crippen LogP contribution in [0.4, 0.5) is 11.4 Å². The Morgan fingerprint density at radius 3 is 2.68 bits per heavy atom. The minimum atomic E-state index is -0.430. The Morgan fingerprint density at radius 2 is 1.89 bits per heavy atom. The van der Waals surface area contributed by atoms with Crippen molar-refractivity contribution in [3.8, 4) is 0 Å². The van der Waals surface area contributed by atoms with Crippen molar-refractivity contribution in [1.29, 1.82) is 0 Å². The maximum atomic E-state index is 9.67. The largest absolute Gasteiger partial charge is 0.399 e. The molecule has 3 N–H and O–H groups in total. The number of fused-ring (bicyclic) bond motifs is 1. The van der Waals surface area contributed by atoms with Crippen molar-refractivity contribution in [2.75, 3.05) is 10.6 Å². The van der Waals surface area contributed by atoms with Gasteiger partial charge in [0.15, 0.2) is 0 Å². The molecule has 3 heteroatoms. The molecule has 0 radical (unpaired) electrons. The van der Waals surface area contributed by atoms with Gasteiger partial charge in [-0.15, -0.1) is 0 Å². The highest BCUT2D eigenvalue weighted by Crippen LogP contribution is 2.30. The van der Waals surface area contributed by atoms with Crippen molar-refractivity contribution in [1.82, 2.24) is 0 Å². The van der Waals surface area contributed by atoms with E-state index in [2.05, 4.69) is 23.1 Å². The highest BCUT2D eigenvalue weighted by atomic mass is 16.3. The van der Waals surface area contributed by atoms with Crippen LogP contribution in [0.1, 0.15) is 29.7 Å². The van der Waals surface area contributed by atoms with Crippen LogP contribution in [-0.2, 0) is 13.1 Å². The van der Waals surface area contributed by atoms with E-state index < -0.39 is 6.10 Å². The first-order chi connectivity index (χ1) is 9.13. The van der Waals surface area contributed by atoms with Crippen molar-refractivity contribution >= 4 is 11.4 Å². The summed E-state index contributed by atoms with van der Waals surface area (Å²) in [6.07, 6.45) is -0.430. The Hall–Kier alpha value is -2.00. The number of hydrogen-bond donors (Lipinski definition) is 2. The summed E-state index contributed by atoms with van der Waals surface area (Å²) >= 11 is 0. The third-order valence-electron chi connectivity index (χ3n) is 3.67. The number of hydrogen-bond acceptors (Lipinski definition) is 3. The minimum absolute atomic E-state index is 0.430. The van der Waals surface area contributed by atoms with Gasteiger partial charge in [-0.05, 0) is 47.9 Å². The normalized spacial score (nSPS) is 15.4. The summed E-state index contributed by atoms with van der Waals surface area (Å²) in [6, 6.07) is 14.2. The molecule has 1 heterocycles. The van der Waals surface area contributed by atoms with Gasteiger partial charge >= 0.3 is 0 Å². The average Bonchev–Trinajstić information content (AvgIpc) is 2.81. The molecule has 2 aromatic carbocycles. The number of aliphatic hydroxyl groups excluding tert-OH is 1. The lowest BCUT2D eigenvalue weighted by molar-refractivity contribution is 0.199. The molecule has 0 amide bonds. The molecule has 0 spiro atoms. The minimum Gasteiger partial charge on any atom is -0.399 e. The van der Waals surface area contributed by atoms with E-state index in [-0.39, 0.29) is 0 Å². The Labute approximate surface area is 113 Å². The molecule has 0 aromatic heterocycles. The number of aliphatic hydroxyl groups is 1. The van der Waals surface area contributed by atoms with Gasteiger partial charge < -0.3 is 15.7 Å². The fourth-order valence-corrected chi connectivity index (χ4v) is 2.58. The molecule has 0 saturated carbocycles. The summed E-state index contributed by atoms with van der Waals surface area (Å²) in [4.78, 5) is 2.30. The van der Waals surface area contributed by atoms with E-state index in [9.17, 15) is 5.11 Å². The number of anilines is 2. The number of nitrogens with two attached hydrogens (primary N) is 1. The molecule has 1 aliphatic rings. The van der Waals surface area contributed by atoms with Gasteiger partial charge in [0.05, 0.1) is 6.10 Å². The van der Waals surface area contributed by atoms with Crippen molar-refractivity contribution in [2.24, 2.45) is 0 Å². The first kappa shape index (κ1) is 12.1. The standard InChI is InChI=1S/C16H18N2O/c1-11(19)12-3-2-4-16(8-12)18-9-13-5-6-15(17)7-14(13)10-18/h2-8,11,19H,9-10,17H2,1H3. The van der Waals surface area contributed by atoms with Gasteiger partial charge in [0.1, 0.15) is 0 Å². The number of nitrogens with zero attached hydrogens (tertiary/aromatic N) is 1. The molecular weight excluding hydrogens is 236 g/mol. The van der Waals surface area contributed by atoms with Crippen LogP contribution < -0.4 is 10.6 Å². The maximum absolute atomic E-state index is 9.67. The second kappa shape index (κ2) is 4.59. The molecule has 0 saturated heterocycles. The highest BCUT2D eigenvalue weighted by Gasteiger charge is 2.19. The van der Waals surface area contributed by atoms with Crippen LogP contribution in [0.5, 0.6) is 0 Å². The zero-order chi connectivity index (χ0) is 13.4. The molecular formula is C16H18N2O. The predicted molar refractivity (Wildman–Crippen MR) is 77.8 cm³/mol. The molecule has 98 valence electrons. The summed E-state index contributed by atoms with van der Waals surface area (Å²) in [7, 11) is 0. The van der Waals surface area contributed by atoms with Gasteiger partial charge in [-0.2, -0.15) is 0 Å². The van der Waals surface area contributed by atoms with Crippen molar-refractivity contribution in [3.05, 3.63) is 59.2 Å². The van der Waals surface area contributed by atoms with Crippen LogP contribution in [0.3, 0.4) is 0 Å². The summed E-state index contributed by atoms with van der Waals surface area (Å²) in [5, 5.41) is 9.67. The Morgan fingerprint density at radius 1 is 1.11 bits per heavy atom. The fourth-order valence-electron chi connectivity index (χ4n) is 2.58. The van der Waals surface area contributed by atoms with Gasteiger partial charge in [0.25, 0.3) is 0 Å². The van der Waals surface area contributed by atoms with Gasteiger partial charge in [-0.1, -0.05) is 18.2 Å². The third kappa shape index (κ3) is 2.29. The van der Waals surface area contributed by atoms with Crippen LogP contribution in [-0.4, -0.2) is 5.11 Å². The van der Waals surface area contributed by atoms with Crippen LogP contribution in [0.2, 0.25) is 0 Å². The zero-order valence-corrected chi connectivity index (χ0v) is 11.0. The zero-order valence-electron chi connectivity index (χ0n) is 11.0. The molecule has 2 aromatic rings. The average molecular weight is 254 g/mol. The SMILES string of the molecule is CC(O)c1cccc(N2Cc3ccc(N)cc3C2)c1. The summed E-state index contributed by atoms with van der Waals surface area (Å²) in [5.41, 5.74) is 11.4. The van der Waals surface area contributed by atoms with Gasteiger partial charge in [0, 0.05) is 24.5 Å². The van der Waals surface area contributed by atoms with Crippen LogP contribution >= 0.6 is 0 Å². The Balaban J connectivity index is 1.88. The van der Waals surface area contributed by atoms with Crippen LogP contribution in [0, 0.1) is 0 Å². The second-order valence-electron chi connectivity index (χ2n) is 5.16. The predicted octanol–water partition coefficient (Wildman–Crippen LogP) is 2.84. The second-order valence-corrected chi connectivity index (χ2v) is 5.16. The van der Waals surface area contributed by atoms with Gasteiger partial charge in [-0.3, -0.25) is 0 Å². The monoisotopic (exact) mass is 254 g/mol. The fraction of sp³-hybridized carbons (Fsp3) is 0.250. The lowest BCUT2D eigenvalue weighted by Gasteiger charge is -2.19. The molecule has 19 heavy (non-hydrogen) atoms. The van der Waals surface area contributed by atoms with Crippen LogP contribution in [0.15, 0.2) is 42.5 Å². The smallest absolute Gasteiger partial charge is 0.0762 e. The van der Waals surface area contributed by atoms with Crippen LogP contribution in [0.25, 0.3) is 0 Å². The molecule has 0 bridgehead atoms. The first-order valence-corrected chi connectivity index (χ1v) is 6.54. The quantitative estimate of drug-likeness (QED) is 0.810. The molecule has 0 fully saturated rings. The lowest BCUT2D eigenvalue weighted by Crippen LogP contribution is -2.14. The molecule has 1 aliphatic heterocycles. The molecule has 1 atom stereocenters. The molecule has 0 aliphatic carbocycles. The van der Waals surface area contributed by atoms with E-state index in [1.165, 1.54) is 11.1 Å². The maximum Gasteiger partial charge on any atom is 0.0762 e. The topological polar surface area (TPSA) is 49.5 Å². The van der Waals surface area contributed by atoms with Crippen molar-refractivity contribution < 1.29 is 5.11 Å². The summed E-state index contributed by atoms with van der Waals surface area (Å²) < 4.78 is 0. The number of rotatable bonds is 2. The third-order valence-corrected chi connectivity index (χ3v) is 3.67. The summed E-state index contributed by atoms with van der Waals surface area (Å²) in [6.45, 7) is 3.57. The van der Waals surface area contributed by atoms with E-state index in [1.54, 1.807) is 6.92 Å². The van der Waals surface area contributed by atoms with E-state index >= 15 is 0 Å². The van der Waals surface area contributed by atoms with E-state index in [0.29, 0.717) is 0 Å². The number of nitrogen functional groups attached to an aromatic ring is 1. The van der Waals surface area contributed by atoms with Crippen molar-refractivity contribution in [2.45, 2.75) is 26.1 Å². The number of benzene rings is 2. The van der Waals surface area contributed by atoms with E-state index in [0.717, 1.165) is 30.0 Å². The lowest BCUT2D eigenvalue weighted by atomic mass is 10.1. The molecule has 3 rings (SSSR count). The molecule has 3 nitrogen and oxygen atoms in total. The highest BCUT2D eigenvalue weighted by molar-refractivity contribution is 5.56. The first-order valence-electron chi connectivity index (χ1n) is 6.54. The van der Waals surface area contributed by atoms with Gasteiger partial charge in [0.2, 0.25) is 0 Å². The van der Waals surface area contributed by atoms with Crippen molar-refractivity contribution in [3.63, 3.8) is 0 Å². The Kier molecular flexibility index (Phi) is 2.91. The van der Waals surface area contributed by atoms with E-state index in [4.69, 9.17) is 5.73 Å². The van der Waals surface area contributed by atoms with E-state index in [1.807, 2.05) is 24.3 Å². The molecule has 1 unspecified atom stereocenters. The Bertz CT molecular complexity index is 607.